The van der Waals surface area contributed by atoms with Crippen LogP contribution in [0.4, 0.5) is 4.79 Å². The van der Waals surface area contributed by atoms with Crippen LogP contribution in [-0.2, 0) is 14.3 Å². The van der Waals surface area contributed by atoms with Gasteiger partial charge in [0.25, 0.3) is 0 Å². The fraction of sp³-hybridized carbons (Fsp3) is 0.750. The molecule has 20 heavy (non-hydrogen) atoms. The molecule has 0 bridgehead atoms. The minimum absolute atomic E-state index is 0.119. The SMILES string of the molecule is COCCNC(=O)CCNC(=O)NCC1(C(=O)O)CC1. The van der Waals surface area contributed by atoms with Crippen LogP contribution in [0.15, 0.2) is 0 Å². The van der Waals surface area contributed by atoms with E-state index in [2.05, 4.69) is 16.0 Å². The summed E-state index contributed by atoms with van der Waals surface area (Å²) in [6, 6.07) is -0.456. The van der Waals surface area contributed by atoms with Crippen molar-refractivity contribution >= 4 is 17.9 Å². The molecule has 1 rings (SSSR count). The van der Waals surface area contributed by atoms with Gasteiger partial charge in [-0.25, -0.2) is 4.79 Å². The minimum Gasteiger partial charge on any atom is -0.481 e. The zero-order valence-corrected chi connectivity index (χ0v) is 11.5. The highest BCUT2D eigenvalue weighted by molar-refractivity contribution is 5.81. The van der Waals surface area contributed by atoms with Crippen molar-refractivity contribution in [3.63, 3.8) is 0 Å². The highest BCUT2D eigenvalue weighted by Gasteiger charge is 2.50. The number of rotatable bonds is 9. The van der Waals surface area contributed by atoms with E-state index in [1.807, 2.05) is 0 Å². The summed E-state index contributed by atoms with van der Waals surface area (Å²) >= 11 is 0. The Morgan fingerprint density at radius 1 is 1.15 bits per heavy atom. The number of carboxylic acid groups (broad SMARTS) is 1. The van der Waals surface area contributed by atoms with E-state index in [1.54, 1.807) is 7.11 Å². The zero-order chi connectivity index (χ0) is 15.0. The molecule has 1 aliphatic carbocycles. The van der Waals surface area contributed by atoms with Crippen molar-refractivity contribution in [1.29, 1.82) is 0 Å². The Kier molecular flexibility index (Phi) is 6.23. The third kappa shape index (κ3) is 5.43. The average Bonchev–Trinajstić information content (AvgIpc) is 3.18. The van der Waals surface area contributed by atoms with Gasteiger partial charge in [0.05, 0.1) is 12.0 Å². The quantitative estimate of drug-likeness (QED) is 0.419. The molecule has 0 aliphatic heterocycles. The number of urea groups is 1. The first-order valence-electron chi connectivity index (χ1n) is 6.51. The van der Waals surface area contributed by atoms with Crippen LogP contribution in [-0.4, -0.2) is 56.4 Å². The number of carboxylic acids is 1. The summed E-state index contributed by atoms with van der Waals surface area (Å²) in [6.45, 7) is 1.19. The second-order valence-electron chi connectivity index (χ2n) is 4.79. The van der Waals surface area contributed by atoms with Crippen LogP contribution < -0.4 is 16.0 Å². The van der Waals surface area contributed by atoms with Gasteiger partial charge >= 0.3 is 12.0 Å². The Hall–Kier alpha value is -1.83. The van der Waals surface area contributed by atoms with E-state index < -0.39 is 17.4 Å². The summed E-state index contributed by atoms with van der Waals surface area (Å²) in [7, 11) is 1.54. The van der Waals surface area contributed by atoms with Gasteiger partial charge < -0.3 is 25.8 Å². The number of hydrogen-bond acceptors (Lipinski definition) is 4. The van der Waals surface area contributed by atoms with Crippen molar-refractivity contribution in [2.75, 3.05) is 33.4 Å². The molecule has 0 unspecified atom stereocenters. The maximum absolute atomic E-state index is 11.4. The number of nitrogens with one attached hydrogen (secondary N) is 3. The summed E-state index contributed by atoms with van der Waals surface area (Å²) in [5.74, 6) is -1.05. The predicted molar refractivity (Wildman–Crippen MR) is 70.2 cm³/mol. The first kappa shape index (κ1) is 16.2. The molecule has 1 fully saturated rings. The number of ether oxygens (including phenoxy) is 1. The molecule has 0 aromatic carbocycles. The van der Waals surface area contributed by atoms with E-state index in [0.29, 0.717) is 26.0 Å². The van der Waals surface area contributed by atoms with Crippen molar-refractivity contribution in [2.24, 2.45) is 5.41 Å². The zero-order valence-electron chi connectivity index (χ0n) is 11.5. The van der Waals surface area contributed by atoms with E-state index >= 15 is 0 Å². The fourth-order valence-electron chi connectivity index (χ4n) is 1.60. The molecule has 8 heteroatoms. The van der Waals surface area contributed by atoms with Crippen LogP contribution in [0.1, 0.15) is 19.3 Å². The summed E-state index contributed by atoms with van der Waals surface area (Å²) in [5.41, 5.74) is -0.783. The number of carbonyl (C=O) groups excluding carboxylic acids is 2. The van der Waals surface area contributed by atoms with Crippen LogP contribution >= 0.6 is 0 Å². The number of aliphatic carboxylic acids is 1. The molecular formula is C12H21N3O5. The monoisotopic (exact) mass is 287 g/mol. The van der Waals surface area contributed by atoms with Gasteiger partial charge in [0.1, 0.15) is 0 Å². The maximum atomic E-state index is 11.4. The van der Waals surface area contributed by atoms with Gasteiger partial charge in [0.2, 0.25) is 5.91 Å². The number of carbonyl (C=O) groups is 3. The van der Waals surface area contributed by atoms with E-state index in [9.17, 15) is 14.4 Å². The van der Waals surface area contributed by atoms with Gasteiger partial charge in [-0.05, 0) is 12.8 Å². The molecule has 0 atom stereocenters. The average molecular weight is 287 g/mol. The van der Waals surface area contributed by atoms with Crippen molar-refractivity contribution in [1.82, 2.24) is 16.0 Å². The van der Waals surface area contributed by atoms with E-state index in [0.717, 1.165) is 0 Å². The van der Waals surface area contributed by atoms with Gasteiger partial charge in [-0.1, -0.05) is 0 Å². The standard InChI is InChI=1S/C12H21N3O5/c1-20-7-6-13-9(16)2-5-14-11(19)15-8-12(3-4-12)10(17)18/h2-8H2,1H3,(H,13,16)(H,17,18)(H2,14,15,19). The van der Waals surface area contributed by atoms with Crippen molar-refractivity contribution < 1.29 is 24.2 Å². The van der Waals surface area contributed by atoms with Gasteiger partial charge in [0, 0.05) is 33.2 Å². The van der Waals surface area contributed by atoms with Crippen LogP contribution in [0.2, 0.25) is 0 Å². The topological polar surface area (TPSA) is 117 Å². The molecule has 114 valence electrons. The molecular weight excluding hydrogens is 266 g/mol. The first-order chi connectivity index (χ1) is 9.50. The minimum atomic E-state index is -0.879. The summed E-state index contributed by atoms with van der Waals surface area (Å²) in [4.78, 5) is 33.6. The Morgan fingerprint density at radius 3 is 2.40 bits per heavy atom. The molecule has 0 heterocycles. The number of amides is 3. The van der Waals surface area contributed by atoms with Gasteiger partial charge in [-0.2, -0.15) is 0 Å². The molecule has 0 saturated heterocycles. The second-order valence-corrected chi connectivity index (χ2v) is 4.79. The lowest BCUT2D eigenvalue weighted by Crippen LogP contribution is -2.42. The maximum Gasteiger partial charge on any atom is 0.314 e. The molecule has 1 saturated carbocycles. The third-order valence-electron chi connectivity index (χ3n) is 3.16. The highest BCUT2D eigenvalue weighted by atomic mass is 16.5. The molecule has 8 nitrogen and oxygen atoms in total. The Balaban J connectivity index is 2.06. The number of methoxy groups -OCH3 is 1. The molecule has 0 radical (unpaired) electrons. The lowest BCUT2D eigenvalue weighted by molar-refractivity contribution is -0.143. The fourth-order valence-corrected chi connectivity index (χ4v) is 1.60. The van der Waals surface area contributed by atoms with Crippen LogP contribution in [0.3, 0.4) is 0 Å². The summed E-state index contributed by atoms with van der Waals surface area (Å²) < 4.78 is 4.78. The Morgan fingerprint density at radius 2 is 1.85 bits per heavy atom. The second kappa shape index (κ2) is 7.68. The van der Waals surface area contributed by atoms with E-state index in [4.69, 9.17) is 9.84 Å². The molecule has 0 aromatic heterocycles. The normalized spacial score (nSPS) is 15.2. The van der Waals surface area contributed by atoms with Crippen molar-refractivity contribution in [3.05, 3.63) is 0 Å². The molecule has 1 aliphatic rings. The number of hydrogen-bond donors (Lipinski definition) is 4. The summed E-state index contributed by atoms with van der Waals surface area (Å²) in [5, 5.41) is 16.6. The van der Waals surface area contributed by atoms with Gasteiger partial charge in [0.15, 0.2) is 0 Å². The van der Waals surface area contributed by atoms with E-state index in [-0.39, 0.29) is 25.4 Å². The lowest BCUT2D eigenvalue weighted by Gasteiger charge is -2.12. The van der Waals surface area contributed by atoms with Crippen LogP contribution in [0.25, 0.3) is 0 Å². The molecule has 0 spiro atoms. The highest BCUT2D eigenvalue weighted by Crippen LogP contribution is 2.45. The van der Waals surface area contributed by atoms with Crippen LogP contribution in [0, 0.1) is 5.41 Å². The lowest BCUT2D eigenvalue weighted by atomic mass is 10.1. The third-order valence-corrected chi connectivity index (χ3v) is 3.16. The first-order valence-corrected chi connectivity index (χ1v) is 6.51. The Labute approximate surface area is 117 Å². The van der Waals surface area contributed by atoms with Crippen molar-refractivity contribution in [2.45, 2.75) is 19.3 Å². The Bertz CT molecular complexity index is 368. The molecule has 4 N–H and O–H groups in total. The van der Waals surface area contributed by atoms with E-state index in [1.165, 1.54) is 0 Å². The van der Waals surface area contributed by atoms with Crippen LogP contribution in [0.5, 0.6) is 0 Å². The largest absolute Gasteiger partial charge is 0.481 e. The van der Waals surface area contributed by atoms with Gasteiger partial charge in [-0.3, -0.25) is 9.59 Å². The van der Waals surface area contributed by atoms with Crippen molar-refractivity contribution in [3.8, 4) is 0 Å². The molecule has 0 aromatic rings. The predicted octanol–water partition coefficient (Wildman–Crippen LogP) is -0.697. The summed E-state index contributed by atoms with van der Waals surface area (Å²) in [6.07, 6.45) is 1.34. The smallest absolute Gasteiger partial charge is 0.314 e. The molecule has 3 amide bonds. The van der Waals surface area contributed by atoms with Gasteiger partial charge in [-0.15, -0.1) is 0 Å².